The van der Waals surface area contributed by atoms with E-state index in [9.17, 15) is 9.59 Å². The molecule has 28 heavy (non-hydrogen) atoms. The van der Waals surface area contributed by atoms with Crippen molar-refractivity contribution in [2.75, 3.05) is 13.7 Å². The molecule has 7 nitrogen and oxygen atoms in total. The first-order valence-corrected chi connectivity index (χ1v) is 9.04. The molecule has 0 fully saturated rings. The molecule has 0 aliphatic heterocycles. The summed E-state index contributed by atoms with van der Waals surface area (Å²) in [6.07, 6.45) is 2.32. The van der Waals surface area contributed by atoms with Crippen LogP contribution in [0.1, 0.15) is 37.4 Å². The van der Waals surface area contributed by atoms with Crippen LogP contribution in [0.15, 0.2) is 53.6 Å². The average Bonchev–Trinajstić information content (AvgIpc) is 2.73. The highest BCUT2D eigenvalue weighted by Crippen LogP contribution is 2.27. The molecule has 0 saturated carbocycles. The fraction of sp³-hybridized carbons (Fsp3) is 0.286. The molecular formula is C21H25N3O4. The highest BCUT2D eigenvalue weighted by Gasteiger charge is 2.16. The molecule has 0 spiro atoms. The van der Waals surface area contributed by atoms with Crippen molar-refractivity contribution in [3.05, 3.63) is 59.7 Å². The first kappa shape index (κ1) is 21.0. The van der Waals surface area contributed by atoms with Gasteiger partial charge in [0.1, 0.15) is 0 Å². The summed E-state index contributed by atoms with van der Waals surface area (Å²) in [4.78, 5) is 23.9. The van der Waals surface area contributed by atoms with Gasteiger partial charge in [0.25, 0.3) is 0 Å². The smallest absolute Gasteiger partial charge is 0.329 e. The maximum absolute atomic E-state index is 12.0. The number of nitrogens with zero attached hydrogens (tertiary/aromatic N) is 1. The number of carbonyl (C=O) groups is 2. The minimum absolute atomic E-state index is 0.289. The van der Waals surface area contributed by atoms with E-state index >= 15 is 0 Å². The van der Waals surface area contributed by atoms with E-state index in [0.29, 0.717) is 23.7 Å². The molecule has 0 saturated heterocycles. The van der Waals surface area contributed by atoms with Crippen molar-refractivity contribution >= 4 is 18.0 Å². The summed E-state index contributed by atoms with van der Waals surface area (Å²) < 4.78 is 10.9. The van der Waals surface area contributed by atoms with Crippen LogP contribution in [0.3, 0.4) is 0 Å². The first-order valence-electron chi connectivity index (χ1n) is 9.04. The lowest BCUT2D eigenvalue weighted by Gasteiger charge is -2.13. The Hall–Kier alpha value is -3.35. The van der Waals surface area contributed by atoms with E-state index in [1.54, 1.807) is 32.2 Å². The maximum atomic E-state index is 12.0. The number of amides is 2. The number of carbonyl (C=O) groups excluding carboxylic acids is 2. The maximum Gasteiger partial charge on any atom is 0.329 e. The van der Waals surface area contributed by atoms with E-state index in [-0.39, 0.29) is 6.04 Å². The Bertz CT molecular complexity index is 822. The van der Waals surface area contributed by atoms with Crippen LogP contribution in [0, 0.1) is 0 Å². The highest BCUT2D eigenvalue weighted by atomic mass is 16.5. The number of rotatable bonds is 8. The lowest BCUT2D eigenvalue weighted by Crippen LogP contribution is -2.39. The fourth-order valence-electron chi connectivity index (χ4n) is 2.40. The molecule has 0 radical (unpaired) electrons. The third-order valence-electron chi connectivity index (χ3n) is 3.88. The number of benzene rings is 2. The van der Waals surface area contributed by atoms with Crippen molar-refractivity contribution in [2.45, 2.75) is 26.3 Å². The molecule has 7 heteroatoms. The Morgan fingerprint density at radius 3 is 2.54 bits per heavy atom. The van der Waals surface area contributed by atoms with Crippen LogP contribution in [0.5, 0.6) is 11.5 Å². The Balaban J connectivity index is 1.90. The van der Waals surface area contributed by atoms with Gasteiger partial charge in [0.2, 0.25) is 0 Å². The van der Waals surface area contributed by atoms with Crippen molar-refractivity contribution in [1.29, 1.82) is 0 Å². The van der Waals surface area contributed by atoms with Crippen LogP contribution in [0.25, 0.3) is 0 Å². The van der Waals surface area contributed by atoms with Gasteiger partial charge in [-0.25, -0.2) is 5.43 Å². The summed E-state index contributed by atoms with van der Waals surface area (Å²) in [5.41, 5.74) is 3.82. The SMILES string of the molecule is CCCOc1ccc(/C=N\NC(=O)C(=O)N[C@H](C)c2ccccc2)cc1OC. The lowest BCUT2D eigenvalue weighted by atomic mass is 10.1. The van der Waals surface area contributed by atoms with Crippen molar-refractivity contribution in [3.8, 4) is 11.5 Å². The van der Waals surface area contributed by atoms with Gasteiger partial charge in [-0.2, -0.15) is 5.10 Å². The number of methoxy groups -OCH3 is 1. The lowest BCUT2D eigenvalue weighted by molar-refractivity contribution is -0.139. The van der Waals surface area contributed by atoms with Gasteiger partial charge >= 0.3 is 11.8 Å². The molecule has 0 unspecified atom stereocenters. The Kier molecular flexibility index (Phi) is 8.02. The Labute approximate surface area is 164 Å². The van der Waals surface area contributed by atoms with Gasteiger partial charge in [0, 0.05) is 0 Å². The zero-order chi connectivity index (χ0) is 20.4. The number of hydrogen-bond donors (Lipinski definition) is 2. The number of nitrogens with one attached hydrogen (secondary N) is 2. The van der Waals surface area contributed by atoms with Crippen LogP contribution in [0.4, 0.5) is 0 Å². The minimum atomic E-state index is -0.839. The quantitative estimate of drug-likeness (QED) is 0.417. The largest absolute Gasteiger partial charge is 0.493 e. The van der Waals surface area contributed by atoms with Gasteiger partial charge in [0.15, 0.2) is 11.5 Å². The molecule has 2 aromatic rings. The third-order valence-corrected chi connectivity index (χ3v) is 3.88. The summed E-state index contributed by atoms with van der Waals surface area (Å²) in [6, 6.07) is 14.4. The predicted molar refractivity (Wildman–Crippen MR) is 108 cm³/mol. The second kappa shape index (κ2) is 10.7. The molecule has 0 aromatic heterocycles. The van der Waals surface area contributed by atoms with E-state index in [2.05, 4.69) is 15.8 Å². The summed E-state index contributed by atoms with van der Waals surface area (Å²) >= 11 is 0. The Morgan fingerprint density at radius 1 is 1.11 bits per heavy atom. The third kappa shape index (κ3) is 6.12. The standard InChI is InChI=1S/C21H25N3O4/c1-4-12-28-18-11-10-16(13-19(18)27-3)14-22-24-21(26)20(25)23-15(2)17-8-6-5-7-9-17/h5-11,13-15H,4,12H2,1-3H3,(H,23,25)(H,24,26)/b22-14-/t15-/m1/s1. The van der Waals surface area contributed by atoms with Crippen LogP contribution in [0.2, 0.25) is 0 Å². The zero-order valence-corrected chi connectivity index (χ0v) is 16.3. The predicted octanol–water partition coefficient (Wildman–Crippen LogP) is 2.81. The van der Waals surface area contributed by atoms with Crippen molar-refractivity contribution in [3.63, 3.8) is 0 Å². The molecule has 2 N–H and O–H groups in total. The van der Waals surface area contributed by atoms with E-state index in [0.717, 1.165) is 12.0 Å². The fourth-order valence-corrected chi connectivity index (χ4v) is 2.40. The molecule has 2 aromatic carbocycles. The average molecular weight is 383 g/mol. The number of hydrogen-bond acceptors (Lipinski definition) is 5. The van der Waals surface area contributed by atoms with E-state index < -0.39 is 11.8 Å². The van der Waals surface area contributed by atoms with Crippen molar-refractivity contribution in [2.24, 2.45) is 5.10 Å². The van der Waals surface area contributed by atoms with Gasteiger partial charge in [-0.05, 0) is 42.7 Å². The molecule has 2 rings (SSSR count). The van der Waals surface area contributed by atoms with Crippen LogP contribution < -0.4 is 20.2 Å². The van der Waals surface area contributed by atoms with Crippen LogP contribution >= 0.6 is 0 Å². The van der Waals surface area contributed by atoms with Crippen molar-refractivity contribution in [1.82, 2.24) is 10.7 Å². The number of ether oxygens (including phenoxy) is 2. The van der Waals surface area contributed by atoms with Gasteiger partial charge < -0.3 is 14.8 Å². The van der Waals surface area contributed by atoms with Crippen molar-refractivity contribution < 1.29 is 19.1 Å². The van der Waals surface area contributed by atoms with Gasteiger partial charge in [-0.3, -0.25) is 9.59 Å². The van der Waals surface area contributed by atoms with Gasteiger partial charge in [0.05, 0.1) is 26.0 Å². The minimum Gasteiger partial charge on any atom is -0.493 e. The van der Waals surface area contributed by atoms with E-state index in [1.807, 2.05) is 37.3 Å². The molecule has 2 amide bonds. The molecule has 0 aliphatic rings. The van der Waals surface area contributed by atoms with E-state index in [4.69, 9.17) is 9.47 Å². The van der Waals surface area contributed by atoms with Gasteiger partial charge in [-0.15, -0.1) is 0 Å². The van der Waals surface area contributed by atoms with Crippen LogP contribution in [-0.4, -0.2) is 31.7 Å². The van der Waals surface area contributed by atoms with Gasteiger partial charge in [-0.1, -0.05) is 37.3 Å². The normalized spacial score (nSPS) is 11.7. The second-order valence-electron chi connectivity index (χ2n) is 6.06. The molecule has 1 atom stereocenters. The molecular weight excluding hydrogens is 358 g/mol. The molecule has 148 valence electrons. The summed E-state index contributed by atoms with van der Waals surface area (Å²) in [6.45, 7) is 4.42. The monoisotopic (exact) mass is 383 g/mol. The number of hydrazone groups is 1. The first-order chi connectivity index (χ1) is 13.5. The second-order valence-corrected chi connectivity index (χ2v) is 6.06. The zero-order valence-electron chi connectivity index (χ0n) is 16.3. The Morgan fingerprint density at radius 2 is 1.86 bits per heavy atom. The highest BCUT2D eigenvalue weighted by molar-refractivity contribution is 6.35. The molecule has 0 heterocycles. The summed E-state index contributed by atoms with van der Waals surface area (Å²) in [7, 11) is 1.55. The molecule has 0 bridgehead atoms. The summed E-state index contributed by atoms with van der Waals surface area (Å²) in [5.74, 6) is -0.388. The summed E-state index contributed by atoms with van der Waals surface area (Å²) in [5, 5.41) is 6.46. The van der Waals surface area contributed by atoms with Crippen LogP contribution in [-0.2, 0) is 9.59 Å². The molecule has 0 aliphatic carbocycles. The topological polar surface area (TPSA) is 89.0 Å². The van der Waals surface area contributed by atoms with E-state index in [1.165, 1.54) is 6.21 Å².